The summed E-state index contributed by atoms with van der Waals surface area (Å²) < 4.78 is 12.8. The predicted molar refractivity (Wildman–Crippen MR) is 79.5 cm³/mol. The van der Waals surface area contributed by atoms with Crippen LogP contribution in [0.25, 0.3) is 0 Å². The number of nitrogens with zero attached hydrogens (tertiary/aromatic N) is 1. The highest BCUT2D eigenvalue weighted by Gasteiger charge is 2.59. The van der Waals surface area contributed by atoms with Crippen molar-refractivity contribution in [3.05, 3.63) is 42.2 Å². The van der Waals surface area contributed by atoms with Gasteiger partial charge < -0.3 is 5.32 Å². The molecule has 0 spiro atoms. The molecule has 4 atom stereocenters. The summed E-state index contributed by atoms with van der Waals surface area (Å²) in [5, 5.41) is 2.57. The minimum atomic E-state index is -0.460. The lowest BCUT2D eigenvalue weighted by Crippen LogP contribution is -2.39. The third-order valence-electron chi connectivity index (χ3n) is 4.99. The van der Waals surface area contributed by atoms with Gasteiger partial charge in [0, 0.05) is 5.69 Å². The number of amides is 3. The molecule has 118 valence electrons. The molecule has 3 amide bonds. The molecule has 5 nitrogen and oxygen atoms in total. The molecular formula is C17H15FN2O3. The number of rotatable bonds is 3. The molecule has 3 aliphatic rings. The van der Waals surface area contributed by atoms with E-state index in [0.29, 0.717) is 5.69 Å². The number of likely N-dealkylation sites (tertiary alicyclic amines) is 1. The number of hydrogen-bond acceptors (Lipinski definition) is 3. The van der Waals surface area contributed by atoms with Gasteiger partial charge in [-0.1, -0.05) is 12.2 Å². The van der Waals surface area contributed by atoms with Crippen LogP contribution in [0, 0.1) is 29.5 Å². The van der Waals surface area contributed by atoms with Crippen LogP contribution < -0.4 is 5.32 Å². The number of halogens is 1. The van der Waals surface area contributed by atoms with Crippen LogP contribution in [-0.4, -0.2) is 29.2 Å². The number of fused-ring (bicyclic) bond motifs is 5. The summed E-state index contributed by atoms with van der Waals surface area (Å²) in [5.74, 6) is -1.68. The van der Waals surface area contributed by atoms with E-state index in [1.165, 1.54) is 24.3 Å². The molecule has 0 unspecified atom stereocenters. The summed E-state index contributed by atoms with van der Waals surface area (Å²) in [4.78, 5) is 38.1. The van der Waals surface area contributed by atoms with Gasteiger partial charge in [0.15, 0.2) is 0 Å². The molecule has 4 rings (SSSR count). The van der Waals surface area contributed by atoms with Gasteiger partial charge in [-0.2, -0.15) is 0 Å². The normalized spacial score (nSPS) is 30.9. The Morgan fingerprint density at radius 2 is 1.65 bits per heavy atom. The van der Waals surface area contributed by atoms with E-state index < -0.39 is 11.7 Å². The maximum absolute atomic E-state index is 12.8. The number of hydrogen-bond donors (Lipinski definition) is 1. The standard InChI is InChI=1S/C17H15FN2O3/c18-11-3-5-12(6-4-11)19-13(21)8-20-16(22)14-9-1-2-10(7-9)15(14)17(20)23/h1-6,9-10,14-15H,7-8H2,(H,19,21)/t9-,10+,14-,15+. The van der Waals surface area contributed by atoms with Crippen LogP contribution in [-0.2, 0) is 14.4 Å². The van der Waals surface area contributed by atoms with Gasteiger partial charge in [-0.05, 0) is 42.5 Å². The molecule has 0 aromatic heterocycles. The molecule has 1 aliphatic heterocycles. The average Bonchev–Trinajstić information content (AvgIpc) is 3.19. The van der Waals surface area contributed by atoms with Gasteiger partial charge in [-0.25, -0.2) is 4.39 Å². The number of imide groups is 1. The van der Waals surface area contributed by atoms with E-state index in [2.05, 4.69) is 5.32 Å². The van der Waals surface area contributed by atoms with Gasteiger partial charge in [0.25, 0.3) is 0 Å². The minimum Gasteiger partial charge on any atom is -0.325 e. The second-order valence-corrected chi connectivity index (χ2v) is 6.32. The maximum Gasteiger partial charge on any atom is 0.244 e. The van der Waals surface area contributed by atoms with Gasteiger partial charge in [-0.15, -0.1) is 0 Å². The lowest BCUT2D eigenvalue weighted by atomic mass is 9.85. The fraction of sp³-hybridized carbons (Fsp3) is 0.353. The van der Waals surface area contributed by atoms with E-state index in [1.54, 1.807) is 0 Å². The molecule has 2 bridgehead atoms. The summed E-state index contributed by atoms with van der Waals surface area (Å²) in [6, 6.07) is 5.32. The summed E-state index contributed by atoms with van der Waals surface area (Å²) in [6.07, 6.45) is 4.89. The molecule has 1 saturated carbocycles. The largest absolute Gasteiger partial charge is 0.325 e. The van der Waals surface area contributed by atoms with E-state index >= 15 is 0 Å². The van der Waals surface area contributed by atoms with Crippen LogP contribution in [0.15, 0.2) is 36.4 Å². The van der Waals surface area contributed by atoms with Crippen molar-refractivity contribution in [3.63, 3.8) is 0 Å². The van der Waals surface area contributed by atoms with Crippen molar-refractivity contribution < 1.29 is 18.8 Å². The SMILES string of the molecule is O=C(CN1C(=O)[C@@H]2[C@H](C1=O)[C@@H]1C=C[C@H]2C1)Nc1ccc(F)cc1. The van der Waals surface area contributed by atoms with E-state index in [9.17, 15) is 18.8 Å². The molecule has 1 saturated heterocycles. The Morgan fingerprint density at radius 3 is 2.22 bits per heavy atom. The van der Waals surface area contributed by atoms with E-state index in [1.807, 2.05) is 12.2 Å². The second-order valence-electron chi connectivity index (χ2n) is 6.32. The Hall–Kier alpha value is -2.50. The zero-order chi connectivity index (χ0) is 16.1. The molecule has 23 heavy (non-hydrogen) atoms. The fourth-order valence-electron chi connectivity index (χ4n) is 4.00. The zero-order valence-electron chi connectivity index (χ0n) is 12.2. The van der Waals surface area contributed by atoms with E-state index in [-0.39, 0.29) is 42.0 Å². The molecule has 1 aromatic carbocycles. The van der Waals surface area contributed by atoms with Crippen LogP contribution in [0.3, 0.4) is 0 Å². The smallest absolute Gasteiger partial charge is 0.244 e. The molecule has 2 fully saturated rings. The van der Waals surface area contributed by atoms with Crippen LogP contribution in [0.2, 0.25) is 0 Å². The highest BCUT2D eigenvalue weighted by Crippen LogP contribution is 2.52. The summed E-state index contributed by atoms with van der Waals surface area (Å²) in [6.45, 7) is -0.290. The lowest BCUT2D eigenvalue weighted by Gasteiger charge is -2.16. The number of carbonyl (C=O) groups excluding carboxylic acids is 3. The molecular weight excluding hydrogens is 299 g/mol. The second kappa shape index (κ2) is 5.01. The van der Waals surface area contributed by atoms with Gasteiger partial charge in [0.05, 0.1) is 11.8 Å². The van der Waals surface area contributed by atoms with Crippen LogP contribution >= 0.6 is 0 Å². The van der Waals surface area contributed by atoms with Crippen molar-refractivity contribution in [1.82, 2.24) is 4.90 Å². The first kappa shape index (κ1) is 14.1. The lowest BCUT2D eigenvalue weighted by molar-refractivity contribution is -0.143. The van der Waals surface area contributed by atoms with Crippen molar-refractivity contribution in [2.75, 3.05) is 11.9 Å². The number of anilines is 1. The maximum atomic E-state index is 12.8. The Labute approximate surface area is 132 Å². The first-order valence-electron chi connectivity index (χ1n) is 7.63. The summed E-state index contributed by atoms with van der Waals surface area (Å²) in [7, 11) is 0. The minimum absolute atomic E-state index is 0.131. The number of nitrogens with one attached hydrogen (secondary N) is 1. The van der Waals surface area contributed by atoms with Crippen molar-refractivity contribution in [2.45, 2.75) is 6.42 Å². The monoisotopic (exact) mass is 314 g/mol. The molecule has 1 aromatic rings. The summed E-state index contributed by atoms with van der Waals surface area (Å²) in [5.41, 5.74) is 0.428. The third kappa shape index (κ3) is 2.17. The Balaban J connectivity index is 1.45. The molecule has 1 heterocycles. The zero-order valence-corrected chi connectivity index (χ0v) is 12.2. The summed E-state index contributed by atoms with van der Waals surface area (Å²) >= 11 is 0. The van der Waals surface area contributed by atoms with Gasteiger partial charge >= 0.3 is 0 Å². The molecule has 6 heteroatoms. The van der Waals surface area contributed by atoms with Gasteiger partial charge in [-0.3, -0.25) is 19.3 Å². The predicted octanol–water partition coefficient (Wildman–Crippen LogP) is 1.57. The Kier molecular flexibility index (Phi) is 3.07. The first-order chi connectivity index (χ1) is 11.0. The van der Waals surface area contributed by atoms with Crippen LogP contribution in [0.1, 0.15) is 6.42 Å². The highest BCUT2D eigenvalue weighted by molar-refractivity contribution is 6.09. The van der Waals surface area contributed by atoms with Crippen molar-refractivity contribution in [1.29, 1.82) is 0 Å². The molecule has 1 N–H and O–H groups in total. The first-order valence-corrected chi connectivity index (χ1v) is 7.63. The fourth-order valence-corrected chi connectivity index (χ4v) is 4.00. The quantitative estimate of drug-likeness (QED) is 0.680. The van der Waals surface area contributed by atoms with Crippen molar-refractivity contribution >= 4 is 23.4 Å². The third-order valence-corrected chi connectivity index (χ3v) is 4.99. The van der Waals surface area contributed by atoms with Crippen LogP contribution in [0.4, 0.5) is 10.1 Å². The highest BCUT2D eigenvalue weighted by atomic mass is 19.1. The van der Waals surface area contributed by atoms with Gasteiger partial charge in [0.2, 0.25) is 17.7 Å². The molecule has 2 aliphatic carbocycles. The van der Waals surface area contributed by atoms with Gasteiger partial charge in [0.1, 0.15) is 12.4 Å². The molecule has 0 radical (unpaired) electrons. The van der Waals surface area contributed by atoms with E-state index in [0.717, 1.165) is 11.3 Å². The van der Waals surface area contributed by atoms with E-state index in [4.69, 9.17) is 0 Å². The van der Waals surface area contributed by atoms with Crippen LogP contribution in [0.5, 0.6) is 0 Å². The van der Waals surface area contributed by atoms with Crippen molar-refractivity contribution in [2.24, 2.45) is 23.7 Å². The number of allylic oxidation sites excluding steroid dienone is 2. The average molecular weight is 314 g/mol. The Bertz CT molecular complexity index is 698. The topological polar surface area (TPSA) is 66.5 Å². The number of carbonyl (C=O) groups is 3. The van der Waals surface area contributed by atoms with Crippen molar-refractivity contribution in [3.8, 4) is 0 Å². The number of benzene rings is 1. The Morgan fingerprint density at radius 1 is 1.09 bits per heavy atom.